The van der Waals surface area contributed by atoms with E-state index in [0.29, 0.717) is 23.6 Å². The van der Waals surface area contributed by atoms with Crippen molar-refractivity contribution in [2.45, 2.75) is 45.0 Å². The fourth-order valence-electron chi connectivity index (χ4n) is 4.33. The normalized spacial score (nSPS) is 19.4. The Morgan fingerprint density at radius 3 is 2.61 bits per heavy atom. The first-order chi connectivity index (χ1) is 17.0. The number of alkyl halides is 3. The third-order valence-corrected chi connectivity index (χ3v) is 6.53. The standard InChI is InChI=1S/C25H22F3N3O5/c1-14-7-17(24(2)10-18(24)11-31-22(32)30-23(33)36-31)9-20(8-14)34-12-19-13-35-21(29-19)15-3-5-16(6-4-15)25(26,27)28/h3-9,13,18H,10-12H2,1-2H3,(H,30,32,33). The first-order valence-corrected chi connectivity index (χ1v) is 11.2. The van der Waals surface area contributed by atoms with E-state index in [4.69, 9.17) is 13.7 Å². The topological polar surface area (TPSA) is 103 Å². The molecule has 2 aromatic carbocycles. The van der Waals surface area contributed by atoms with Gasteiger partial charge in [0.1, 0.15) is 24.3 Å². The van der Waals surface area contributed by atoms with Gasteiger partial charge >= 0.3 is 17.6 Å². The Bertz CT molecular complexity index is 1510. The number of hydrogen-bond donors (Lipinski definition) is 1. The molecule has 8 nitrogen and oxygen atoms in total. The molecule has 1 aliphatic rings. The SMILES string of the molecule is Cc1cc(OCc2coc(-c3ccc(C(F)(F)F)cc3)n2)cc(C2(C)CC2Cn2oc(=O)[nH]c2=O)c1. The van der Waals surface area contributed by atoms with Crippen LogP contribution in [0.1, 0.15) is 35.7 Å². The summed E-state index contributed by atoms with van der Waals surface area (Å²) in [7, 11) is 0. The van der Waals surface area contributed by atoms with E-state index in [0.717, 1.165) is 34.4 Å². The van der Waals surface area contributed by atoms with Gasteiger partial charge in [-0.3, -0.25) is 0 Å². The lowest BCUT2D eigenvalue weighted by atomic mass is 9.93. The van der Waals surface area contributed by atoms with Gasteiger partial charge in [-0.15, -0.1) is 0 Å². The van der Waals surface area contributed by atoms with E-state index in [1.54, 1.807) is 0 Å². The molecule has 1 aliphatic carbocycles. The van der Waals surface area contributed by atoms with Crippen molar-refractivity contribution in [1.82, 2.24) is 14.7 Å². The minimum Gasteiger partial charge on any atom is -0.487 e. The first-order valence-electron chi connectivity index (χ1n) is 11.2. The molecule has 4 aromatic rings. The van der Waals surface area contributed by atoms with Crippen molar-refractivity contribution in [2.24, 2.45) is 5.92 Å². The van der Waals surface area contributed by atoms with Gasteiger partial charge in [-0.2, -0.15) is 17.9 Å². The van der Waals surface area contributed by atoms with Crippen LogP contribution in [0.25, 0.3) is 11.5 Å². The van der Waals surface area contributed by atoms with Gasteiger partial charge in [0.25, 0.3) is 0 Å². The highest BCUT2D eigenvalue weighted by Gasteiger charge is 2.52. The molecule has 0 bridgehead atoms. The van der Waals surface area contributed by atoms with E-state index < -0.39 is 23.2 Å². The number of aryl methyl sites for hydroxylation is 1. The van der Waals surface area contributed by atoms with E-state index in [1.165, 1.54) is 18.4 Å². The highest BCUT2D eigenvalue weighted by atomic mass is 19.4. The fourth-order valence-corrected chi connectivity index (χ4v) is 4.33. The maximum Gasteiger partial charge on any atom is 0.440 e. The number of ether oxygens (including phenoxy) is 1. The zero-order valence-electron chi connectivity index (χ0n) is 19.4. The molecule has 2 unspecified atom stereocenters. The molecule has 0 saturated heterocycles. The molecule has 5 rings (SSSR count). The predicted molar refractivity (Wildman–Crippen MR) is 121 cm³/mol. The second-order valence-corrected chi connectivity index (χ2v) is 9.23. The number of halogens is 3. The second kappa shape index (κ2) is 8.58. The smallest absolute Gasteiger partial charge is 0.440 e. The molecular weight excluding hydrogens is 479 g/mol. The summed E-state index contributed by atoms with van der Waals surface area (Å²) >= 11 is 0. The number of nitrogens with one attached hydrogen (secondary N) is 1. The van der Waals surface area contributed by atoms with Crippen molar-refractivity contribution < 1.29 is 26.8 Å². The van der Waals surface area contributed by atoms with Crippen molar-refractivity contribution in [1.29, 1.82) is 0 Å². The van der Waals surface area contributed by atoms with Crippen LogP contribution < -0.4 is 16.2 Å². The summed E-state index contributed by atoms with van der Waals surface area (Å²) in [6.45, 7) is 4.44. The highest BCUT2D eigenvalue weighted by Crippen LogP contribution is 2.55. The van der Waals surface area contributed by atoms with Crippen molar-refractivity contribution in [2.75, 3.05) is 0 Å². The number of benzene rings is 2. The van der Waals surface area contributed by atoms with Crippen LogP contribution in [0.3, 0.4) is 0 Å². The first kappa shape index (κ1) is 23.7. The molecule has 2 atom stereocenters. The van der Waals surface area contributed by atoms with Gasteiger partial charge in [-0.25, -0.2) is 19.6 Å². The third kappa shape index (κ3) is 4.73. The molecule has 2 aromatic heterocycles. The predicted octanol–water partition coefficient (Wildman–Crippen LogP) is 4.67. The minimum atomic E-state index is -4.41. The lowest BCUT2D eigenvalue weighted by Gasteiger charge is -2.15. The van der Waals surface area contributed by atoms with Gasteiger partial charge in [-0.05, 0) is 72.2 Å². The molecular formula is C25H22F3N3O5. The Morgan fingerprint density at radius 2 is 1.94 bits per heavy atom. The number of aromatic nitrogens is 3. The average Bonchev–Trinajstić information content (AvgIpc) is 3.12. The summed E-state index contributed by atoms with van der Waals surface area (Å²) in [5, 5.41) is 0. The van der Waals surface area contributed by atoms with Crippen molar-refractivity contribution in [3.8, 4) is 17.2 Å². The lowest BCUT2D eigenvalue weighted by Crippen LogP contribution is -2.19. The molecule has 188 valence electrons. The van der Waals surface area contributed by atoms with E-state index in [1.807, 2.05) is 19.1 Å². The van der Waals surface area contributed by atoms with Gasteiger partial charge < -0.3 is 13.7 Å². The van der Waals surface area contributed by atoms with Crippen LogP contribution in [-0.4, -0.2) is 14.7 Å². The molecule has 0 amide bonds. The fraction of sp³-hybridized carbons (Fsp3) is 0.320. The molecule has 1 N–H and O–H groups in total. The van der Waals surface area contributed by atoms with Gasteiger partial charge in [0.05, 0.1) is 12.1 Å². The van der Waals surface area contributed by atoms with Crippen LogP contribution >= 0.6 is 0 Å². The molecule has 1 fully saturated rings. The van der Waals surface area contributed by atoms with Crippen molar-refractivity contribution in [3.05, 3.63) is 92.1 Å². The zero-order valence-corrected chi connectivity index (χ0v) is 19.4. The van der Waals surface area contributed by atoms with E-state index in [2.05, 4.69) is 23.0 Å². The van der Waals surface area contributed by atoms with Gasteiger partial charge in [0.2, 0.25) is 5.89 Å². The molecule has 36 heavy (non-hydrogen) atoms. The Hall–Kier alpha value is -4.02. The zero-order chi connectivity index (χ0) is 25.7. The number of rotatable bonds is 7. The summed E-state index contributed by atoms with van der Waals surface area (Å²) in [4.78, 5) is 29.4. The molecule has 0 radical (unpaired) electrons. The minimum absolute atomic E-state index is 0.108. The second-order valence-electron chi connectivity index (χ2n) is 9.23. The Morgan fingerprint density at radius 1 is 1.19 bits per heavy atom. The number of H-pyrrole nitrogens is 1. The summed E-state index contributed by atoms with van der Waals surface area (Å²) in [6.07, 6.45) is -2.19. The molecule has 0 aliphatic heterocycles. The summed E-state index contributed by atoms with van der Waals surface area (Å²) in [5.74, 6) is 0.169. The lowest BCUT2D eigenvalue weighted by molar-refractivity contribution is -0.137. The van der Waals surface area contributed by atoms with E-state index in [-0.39, 0.29) is 23.8 Å². The Kier molecular flexibility index (Phi) is 5.65. The third-order valence-electron chi connectivity index (χ3n) is 6.53. The Labute approximate surface area is 202 Å². The van der Waals surface area contributed by atoms with E-state index >= 15 is 0 Å². The highest BCUT2D eigenvalue weighted by molar-refractivity contribution is 5.54. The quantitative estimate of drug-likeness (QED) is 0.395. The van der Waals surface area contributed by atoms with Crippen LogP contribution in [0.4, 0.5) is 13.2 Å². The molecule has 11 heteroatoms. The van der Waals surface area contributed by atoms with Crippen LogP contribution in [-0.2, 0) is 24.7 Å². The maximum atomic E-state index is 12.8. The number of aromatic amines is 1. The number of nitrogens with zero attached hydrogens (tertiary/aromatic N) is 2. The van der Waals surface area contributed by atoms with Gasteiger partial charge in [0, 0.05) is 5.56 Å². The van der Waals surface area contributed by atoms with Crippen LogP contribution in [0, 0.1) is 12.8 Å². The Balaban J connectivity index is 1.26. The molecule has 0 spiro atoms. The van der Waals surface area contributed by atoms with Crippen LogP contribution in [0.15, 0.2) is 67.3 Å². The summed E-state index contributed by atoms with van der Waals surface area (Å²) in [5.41, 5.74) is 1.44. The van der Waals surface area contributed by atoms with Gasteiger partial charge in [-0.1, -0.05) is 13.0 Å². The maximum absolute atomic E-state index is 12.8. The van der Waals surface area contributed by atoms with Crippen molar-refractivity contribution >= 4 is 0 Å². The molecule has 2 heterocycles. The van der Waals surface area contributed by atoms with Crippen LogP contribution in [0.5, 0.6) is 5.75 Å². The summed E-state index contributed by atoms with van der Waals surface area (Å²) in [6, 6.07) is 10.5. The number of oxazole rings is 1. The van der Waals surface area contributed by atoms with Crippen LogP contribution in [0.2, 0.25) is 0 Å². The van der Waals surface area contributed by atoms with Gasteiger partial charge in [0.15, 0.2) is 0 Å². The number of hydrogen-bond acceptors (Lipinski definition) is 6. The summed E-state index contributed by atoms with van der Waals surface area (Å²) < 4.78 is 55.6. The monoisotopic (exact) mass is 501 g/mol. The average molecular weight is 501 g/mol. The largest absolute Gasteiger partial charge is 0.487 e. The molecule has 1 saturated carbocycles. The van der Waals surface area contributed by atoms with Crippen molar-refractivity contribution in [3.63, 3.8) is 0 Å². The van der Waals surface area contributed by atoms with E-state index in [9.17, 15) is 22.8 Å².